The number of nitrogens with one attached hydrogen (secondary N) is 1. The smallest absolute Gasteiger partial charge is 0.414 e. The Labute approximate surface area is 263 Å². The van der Waals surface area contributed by atoms with Crippen molar-refractivity contribution in [3.63, 3.8) is 0 Å². The zero-order chi connectivity index (χ0) is 32.2. The Morgan fingerprint density at radius 3 is 2.46 bits per heavy atom. The maximum absolute atomic E-state index is 14.7. The van der Waals surface area contributed by atoms with Gasteiger partial charge in [-0.05, 0) is 59.0 Å². The van der Waals surface area contributed by atoms with E-state index < -0.39 is 28.4 Å². The Morgan fingerprint density at radius 2 is 1.76 bits per heavy atom. The zero-order valence-corrected chi connectivity index (χ0v) is 25.1. The van der Waals surface area contributed by atoms with E-state index in [1.165, 1.54) is 19.4 Å². The van der Waals surface area contributed by atoms with Crippen LogP contribution in [-0.2, 0) is 13.1 Å². The minimum Gasteiger partial charge on any atom is -0.494 e. The number of halogens is 3. The average Bonchev–Trinajstić information content (AvgIpc) is 3.51. The van der Waals surface area contributed by atoms with Crippen LogP contribution < -0.4 is 24.4 Å². The molecule has 1 N–H and O–H groups in total. The molecule has 46 heavy (non-hydrogen) atoms. The van der Waals surface area contributed by atoms with Crippen molar-refractivity contribution in [2.24, 2.45) is 0 Å². The molecule has 2 aliphatic heterocycles. The van der Waals surface area contributed by atoms with Crippen LogP contribution in [-0.4, -0.2) is 65.4 Å². The third-order valence-corrected chi connectivity index (χ3v) is 8.11. The van der Waals surface area contributed by atoms with E-state index in [1.807, 2.05) is 36.4 Å². The minimum atomic E-state index is -1.93. The highest BCUT2D eigenvalue weighted by Crippen LogP contribution is 2.30. The number of aryl methyl sites for hydroxylation is 1. The van der Waals surface area contributed by atoms with E-state index in [4.69, 9.17) is 14.2 Å². The Balaban J connectivity index is 0.940. The Hall–Kier alpha value is -4.98. The first-order valence-corrected chi connectivity index (χ1v) is 14.9. The fraction of sp³-hybridized carbons (Fsp3) is 0.344. The fourth-order valence-corrected chi connectivity index (χ4v) is 5.53. The summed E-state index contributed by atoms with van der Waals surface area (Å²) in [6.45, 7) is 5.04. The number of methoxy groups -OCH3 is 1. The maximum Gasteiger partial charge on any atom is 0.414 e. The highest BCUT2D eigenvalue weighted by atomic mass is 19.2. The number of alkyl halides is 1. The summed E-state index contributed by atoms with van der Waals surface area (Å²) >= 11 is 0. The summed E-state index contributed by atoms with van der Waals surface area (Å²) in [4.78, 5) is 19.0. The van der Waals surface area contributed by atoms with E-state index in [2.05, 4.69) is 20.1 Å². The lowest BCUT2D eigenvalue weighted by atomic mass is 10.1. The van der Waals surface area contributed by atoms with Crippen LogP contribution in [0.2, 0.25) is 0 Å². The van der Waals surface area contributed by atoms with Gasteiger partial charge in [-0.3, -0.25) is 9.47 Å². The van der Waals surface area contributed by atoms with Crippen molar-refractivity contribution in [2.45, 2.75) is 31.9 Å². The van der Waals surface area contributed by atoms with Gasteiger partial charge in [-0.2, -0.15) is 4.39 Å². The molecule has 0 amide bonds. The van der Waals surface area contributed by atoms with Crippen molar-refractivity contribution in [1.82, 2.24) is 14.5 Å². The first-order valence-electron chi connectivity index (χ1n) is 14.9. The number of hydrogen-bond acceptors (Lipinski definition) is 9. The molecule has 1 fully saturated rings. The topological polar surface area (TPSA) is 107 Å². The first-order chi connectivity index (χ1) is 22.3. The van der Waals surface area contributed by atoms with Gasteiger partial charge in [0.05, 0.1) is 7.11 Å². The SMILES string of the molecule is COc1ccc(C(F)Nc2ccc(CN3CCN(c4ccc(OCC5CCn6cc([N+](=O)[O-])nc6O5)cc4)CC3)cc2)c(F)c1F. The van der Waals surface area contributed by atoms with Gasteiger partial charge in [-0.1, -0.05) is 12.1 Å². The largest absolute Gasteiger partial charge is 0.494 e. The summed E-state index contributed by atoms with van der Waals surface area (Å²) < 4.78 is 61.1. The molecule has 0 aliphatic carbocycles. The van der Waals surface area contributed by atoms with Gasteiger partial charge in [0.25, 0.3) is 0 Å². The molecule has 14 heteroatoms. The van der Waals surface area contributed by atoms with Crippen molar-refractivity contribution in [2.75, 3.05) is 50.1 Å². The van der Waals surface area contributed by atoms with Gasteiger partial charge in [0.1, 0.15) is 24.7 Å². The molecule has 2 aliphatic rings. The van der Waals surface area contributed by atoms with Gasteiger partial charge in [-0.25, -0.2) is 8.78 Å². The van der Waals surface area contributed by atoms with Crippen molar-refractivity contribution in [3.8, 4) is 17.5 Å². The van der Waals surface area contributed by atoms with Gasteiger partial charge < -0.3 is 34.5 Å². The van der Waals surface area contributed by atoms with Gasteiger partial charge >= 0.3 is 11.8 Å². The lowest BCUT2D eigenvalue weighted by Crippen LogP contribution is -2.45. The van der Waals surface area contributed by atoms with Crippen LogP contribution in [0.4, 0.5) is 30.4 Å². The average molecular weight is 639 g/mol. The summed E-state index contributed by atoms with van der Waals surface area (Å²) in [5.74, 6) is -2.30. The van der Waals surface area contributed by atoms with Gasteiger partial charge in [0.15, 0.2) is 17.9 Å². The van der Waals surface area contributed by atoms with Crippen LogP contribution in [0.5, 0.6) is 17.5 Å². The van der Waals surface area contributed by atoms with Crippen LogP contribution in [0.3, 0.4) is 0 Å². The Kier molecular flexibility index (Phi) is 9.15. The molecule has 2 atom stereocenters. The monoisotopic (exact) mass is 638 g/mol. The lowest BCUT2D eigenvalue weighted by molar-refractivity contribution is -0.389. The number of aromatic nitrogens is 2. The Bertz CT molecular complexity index is 1660. The molecule has 2 unspecified atom stereocenters. The first kappa shape index (κ1) is 31.0. The number of imidazole rings is 1. The molecule has 1 saturated heterocycles. The molecule has 0 saturated carbocycles. The number of hydrogen-bond donors (Lipinski definition) is 1. The van der Waals surface area contributed by atoms with Crippen molar-refractivity contribution in [1.29, 1.82) is 0 Å². The number of anilines is 2. The summed E-state index contributed by atoms with van der Waals surface area (Å²) in [7, 11) is 1.22. The lowest BCUT2D eigenvalue weighted by Gasteiger charge is -2.36. The zero-order valence-electron chi connectivity index (χ0n) is 25.1. The highest BCUT2D eigenvalue weighted by Gasteiger charge is 2.28. The summed E-state index contributed by atoms with van der Waals surface area (Å²) in [6.07, 6.45) is -0.127. The predicted molar refractivity (Wildman–Crippen MR) is 164 cm³/mol. The Morgan fingerprint density at radius 1 is 1.02 bits per heavy atom. The van der Waals surface area contributed by atoms with Gasteiger partial charge in [0.2, 0.25) is 5.82 Å². The van der Waals surface area contributed by atoms with Crippen molar-refractivity contribution >= 4 is 17.2 Å². The third kappa shape index (κ3) is 6.96. The maximum atomic E-state index is 14.7. The molecule has 6 rings (SSSR count). The molecule has 242 valence electrons. The number of ether oxygens (including phenoxy) is 3. The third-order valence-electron chi connectivity index (χ3n) is 8.11. The number of rotatable bonds is 11. The molecule has 11 nitrogen and oxygen atoms in total. The van der Waals surface area contributed by atoms with E-state index in [-0.39, 0.29) is 23.7 Å². The van der Waals surface area contributed by atoms with Crippen molar-refractivity contribution < 1.29 is 32.3 Å². The molecule has 1 aromatic heterocycles. The predicted octanol–water partition coefficient (Wildman–Crippen LogP) is 5.71. The normalized spacial score (nSPS) is 17.1. The van der Waals surface area contributed by atoms with Gasteiger partial charge in [0, 0.05) is 67.6 Å². The summed E-state index contributed by atoms with van der Waals surface area (Å²) in [5.41, 5.74) is 2.18. The fourth-order valence-electron chi connectivity index (χ4n) is 5.53. The van der Waals surface area contributed by atoms with E-state index in [9.17, 15) is 23.3 Å². The molecular weight excluding hydrogens is 605 g/mol. The molecule has 4 aromatic rings. The van der Waals surface area contributed by atoms with Crippen LogP contribution in [0, 0.1) is 21.7 Å². The number of nitro groups is 1. The standard InChI is InChI=1S/C32H33F3N6O5/c1-44-27-11-10-26(29(33)30(27)34)31(35)36-22-4-2-21(3-5-22)18-38-14-16-39(17-15-38)23-6-8-24(9-7-23)45-20-25-12-13-40-19-28(41(42)43)37-32(40)46-25/h2-11,19,25,31,36H,12-18,20H2,1H3. The number of nitrogens with zero attached hydrogens (tertiary/aromatic N) is 5. The molecule has 0 spiro atoms. The number of piperazine rings is 1. The molecular formula is C32H33F3N6O5. The van der Waals surface area contributed by atoms with Crippen LogP contribution in [0.25, 0.3) is 0 Å². The van der Waals surface area contributed by atoms with E-state index in [0.717, 1.165) is 50.0 Å². The summed E-state index contributed by atoms with van der Waals surface area (Å²) in [5, 5.41) is 13.5. The quantitative estimate of drug-likeness (QED) is 0.126. The number of benzene rings is 3. The van der Waals surface area contributed by atoms with Crippen LogP contribution in [0.1, 0.15) is 23.8 Å². The van der Waals surface area contributed by atoms with E-state index in [0.29, 0.717) is 31.0 Å². The second kappa shape index (κ2) is 13.6. The highest BCUT2D eigenvalue weighted by molar-refractivity contribution is 5.50. The molecule has 3 heterocycles. The molecule has 0 radical (unpaired) electrons. The second-order valence-corrected chi connectivity index (χ2v) is 11.1. The summed E-state index contributed by atoms with van der Waals surface area (Å²) in [6, 6.07) is 17.7. The molecule has 0 bridgehead atoms. The number of fused-ring (bicyclic) bond motifs is 1. The van der Waals surface area contributed by atoms with E-state index >= 15 is 0 Å². The second-order valence-electron chi connectivity index (χ2n) is 11.1. The van der Waals surface area contributed by atoms with Gasteiger partial charge in [-0.15, -0.1) is 0 Å². The van der Waals surface area contributed by atoms with E-state index in [1.54, 1.807) is 16.7 Å². The van der Waals surface area contributed by atoms with Crippen LogP contribution >= 0.6 is 0 Å². The van der Waals surface area contributed by atoms with Crippen molar-refractivity contribution in [3.05, 3.63) is 99.7 Å². The minimum absolute atomic E-state index is 0.228. The van der Waals surface area contributed by atoms with Crippen LogP contribution in [0.15, 0.2) is 66.9 Å². The molecule has 3 aromatic carbocycles.